The zero-order chi connectivity index (χ0) is 27.1. The predicted octanol–water partition coefficient (Wildman–Crippen LogP) is -2.23. The summed E-state index contributed by atoms with van der Waals surface area (Å²) in [4.78, 5) is 71.6. The first kappa shape index (κ1) is 31.7. The number of hydrogen-bond donors (Lipinski definition) is 8. The number of nitrogens with two attached hydrogens (primary N) is 3. The van der Waals surface area contributed by atoms with Gasteiger partial charge in [-0.1, -0.05) is 13.8 Å². The van der Waals surface area contributed by atoms with Crippen LogP contribution in [0, 0.1) is 5.92 Å². The molecule has 0 radical (unpaired) electrons. The molecule has 0 saturated heterocycles. The van der Waals surface area contributed by atoms with Gasteiger partial charge in [0.2, 0.25) is 23.6 Å². The van der Waals surface area contributed by atoms with E-state index in [1.807, 2.05) is 0 Å². The summed E-state index contributed by atoms with van der Waals surface area (Å²) in [5, 5.41) is 25.2. The molecule has 200 valence electrons. The number of carbonyl (C=O) groups excluding carboxylic acids is 4. The van der Waals surface area contributed by atoms with Gasteiger partial charge in [-0.3, -0.25) is 24.0 Å². The van der Waals surface area contributed by atoms with Gasteiger partial charge in [0.05, 0.1) is 12.5 Å². The van der Waals surface area contributed by atoms with Crippen LogP contribution < -0.4 is 33.2 Å². The number of amides is 4. The first-order valence-corrected chi connectivity index (χ1v) is 11.4. The fourth-order valence-corrected chi connectivity index (χ4v) is 3.10. The third-order valence-electron chi connectivity index (χ3n) is 4.95. The lowest BCUT2D eigenvalue weighted by Crippen LogP contribution is -2.58. The second-order valence-corrected chi connectivity index (χ2v) is 8.65. The van der Waals surface area contributed by atoms with E-state index in [9.17, 15) is 33.9 Å². The van der Waals surface area contributed by atoms with Crippen molar-refractivity contribution >= 4 is 35.6 Å². The van der Waals surface area contributed by atoms with E-state index in [0.717, 1.165) is 0 Å². The average Bonchev–Trinajstić information content (AvgIpc) is 2.74. The van der Waals surface area contributed by atoms with E-state index in [2.05, 4.69) is 16.0 Å². The maximum atomic E-state index is 12.9. The molecule has 0 fully saturated rings. The highest BCUT2D eigenvalue weighted by molar-refractivity contribution is 5.96. The lowest BCUT2D eigenvalue weighted by atomic mass is 10.0. The van der Waals surface area contributed by atoms with Gasteiger partial charge >= 0.3 is 11.9 Å². The summed E-state index contributed by atoms with van der Waals surface area (Å²) in [5.74, 6) is -5.92. The highest BCUT2D eigenvalue weighted by Crippen LogP contribution is 2.08. The van der Waals surface area contributed by atoms with Crippen LogP contribution in [-0.4, -0.2) is 76.5 Å². The van der Waals surface area contributed by atoms with Crippen LogP contribution in [0.3, 0.4) is 0 Å². The third kappa shape index (κ3) is 13.9. The predicted molar refractivity (Wildman–Crippen MR) is 124 cm³/mol. The summed E-state index contributed by atoms with van der Waals surface area (Å²) in [6.07, 6.45) is 0.158. The van der Waals surface area contributed by atoms with E-state index in [1.165, 1.54) is 0 Å². The second kappa shape index (κ2) is 16.4. The van der Waals surface area contributed by atoms with Gasteiger partial charge < -0.3 is 43.4 Å². The zero-order valence-electron chi connectivity index (χ0n) is 20.1. The van der Waals surface area contributed by atoms with Crippen molar-refractivity contribution in [2.75, 3.05) is 6.54 Å². The van der Waals surface area contributed by atoms with Gasteiger partial charge in [0.25, 0.3) is 0 Å². The van der Waals surface area contributed by atoms with E-state index in [1.54, 1.807) is 13.8 Å². The van der Waals surface area contributed by atoms with Crippen molar-refractivity contribution < 1.29 is 39.0 Å². The topological polar surface area (TPSA) is 257 Å². The van der Waals surface area contributed by atoms with Crippen LogP contribution in [0.15, 0.2) is 0 Å². The van der Waals surface area contributed by atoms with Crippen LogP contribution in [0.25, 0.3) is 0 Å². The number of aliphatic carboxylic acids is 2. The standard InChI is InChI=1S/C21H38N6O8/c1-11(2)9-14(19(32)25-13(21(34)35)5-3-4-8-22)27-20(33)15(10-16(24)28)26-18(31)12(23)6-7-17(29)30/h11-15H,3-10,22-23H2,1-2H3,(H2,24,28)(H,25,32)(H,26,31)(H,27,33)(H,29,30)(H,34,35). The van der Waals surface area contributed by atoms with E-state index >= 15 is 0 Å². The lowest BCUT2D eigenvalue weighted by Gasteiger charge is -2.25. The number of rotatable bonds is 18. The minimum absolute atomic E-state index is 0.0832. The van der Waals surface area contributed by atoms with Crippen molar-refractivity contribution in [2.24, 2.45) is 23.1 Å². The minimum Gasteiger partial charge on any atom is -0.481 e. The fraction of sp³-hybridized carbons (Fsp3) is 0.714. The molecule has 0 heterocycles. The number of nitrogens with one attached hydrogen (secondary N) is 3. The molecule has 0 saturated carbocycles. The van der Waals surface area contributed by atoms with E-state index in [0.29, 0.717) is 19.4 Å². The highest BCUT2D eigenvalue weighted by atomic mass is 16.4. The number of carbonyl (C=O) groups is 6. The smallest absolute Gasteiger partial charge is 0.326 e. The van der Waals surface area contributed by atoms with Crippen LogP contribution in [-0.2, 0) is 28.8 Å². The Hall–Kier alpha value is -3.26. The number of primary amides is 1. The summed E-state index contributed by atoms with van der Waals surface area (Å²) in [7, 11) is 0. The van der Waals surface area contributed by atoms with E-state index in [-0.39, 0.29) is 31.6 Å². The fourth-order valence-electron chi connectivity index (χ4n) is 3.10. The Morgan fingerprint density at radius 3 is 1.83 bits per heavy atom. The first-order chi connectivity index (χ1) is 16.3. The zero-order valence-corrected chi connectivity index (χ0v) is 20.1. The lowest BCUT2D eigenvalue weighted by molar-refractivity contribution is -0.143. The Balaban J connectivity index is 5.45. The SMILES string of the molecule is CC(C)CC(NC(=O)C(CC(N)=O)NC(=O)C(N)CCC(=O)O)C(=O)NC(CCCCN)C(=O)O. The second-order valence-electron chi connectivity index (χ2n) is 8.65. The quantitative estimate of drug-likeness (QED) is 0.0935. The number of unbranched alkanes of at least 4 members (excludes halogenated alkanes) is 1. The van der Waals surface area contributed by atoms with Gasteiger partial charge in [-0.15, -0.1) is 0 Å². The molecule has 0 aromatic heterocycles. The van der Waals surface area contributed by atoms with Crippen LogP contribution in [0.4, 0.5) is 0 Å². The molecular weight excluding hydrogens is 464 g/mol. The molecule has 0 aliphatic carbocycles. The molecule has 0 spiro atoms. The summed E-state index contributed by atoms with van der Waals surface area (Å²) < 4.78 is 0. The monoisotopic (exact) mass is 502 g/mol. The van der Waals surface area contributed by atoms with Crippen molar-refractivity contribution in [3.05, 3.63) is 0 Å². The molecule has 14 nitrogen and oxygen atoms in total. The van der Waals surface area contributed by atoms with Gasteiger partial charge in [-0.25, -0.2) is 4.79 Å². The third-order valence-corrected chi connectivity index (χ3v) is 4.95. The number of carboxylic acids is 2. The Bertz CT molecular complexity index is 760. The highest BCUT2D eigenvalue weighted by Gasteiger charge is 2.31. The Morgan fingerprint density at radius 1 is 0.800 bits per heavy atom. The number of hydrogen-bond acceptors (Lipinski definition) is 8. The normalized spacial score (nSPS) is 14.3. The van der Waals surface area contributed by atoms with Gasteiger partial charge in [0.15, 0.2) is 0 Å². The van der Waals surface area contributed by atoms with E-state index < -0.39 is 66.2 Å². The molecule has 4 amide bonds. The molecule has 0 rings (SSSR count). The average molecular weight is 503 g/mol. The van der Waals surface area contributed by atoms with Crippen LogP contribution in [0.5, 0.6) is 0 Å². The minimum atomic E-state index is -1.47. The first-order valence-electron chi connectivity index (χ1n) is 11.4. The van der Waals surface area contributed by atoms with Gasteiger partial charge in [0, 0.05) is 6.42 Å². The molecule has 0 aliphatic rings. The Morgan fingerprint density at radius 2 is 1.34 bits per heavy atom. The van der Waals surface area contributed by atoms with Gasteiger partial charge in [0.1, 0.15) is 18.1 Å². The molecule has 35 heavy (non-hydrogen) atoms. The molecule has 0 bridgehead atoms. The van der Waals surface area contributed by atoms with Crippen molar-refractivity contribution in [1.82, 2.24) is 16.0 Å². The Kier molecular flexibility index (Phi) is 14.9. The van der Waals surface area contributed by atoms with Crippen molar-refractivity contribution in [2.45, 2.75) is 83.0 Å². The van der Waals surface area contributed by atoms with Crippen LogP contribution in [0.2, 0.25) is 0 Å². The maximum absolute atomic E-state index is 12.9. The Labute approximate surface area is 203 Å². The summed E-state index contributed by atoms with van der Waals surface area (Å²) in [6.45, 7) is 3.94. The summed E-state index contributed by atoms with van der Waals surface area (Å²) >= 11 is 0. The molecule has 0 aromatic rings. The maximum Gasteiger partial charge on any atom is 0.326 e. The van der Waals surface area contributed by atoms with Crippen molar-refractivity contribution in [3.63, 3.8) is 0 Å². The molecule has 14 heteroatoms. The molecule has 4 unspecified atom stereocenters. The molecular formula is C21H38N6O8. The van der Waals surface area contributed by atoms with Crippen molar-refractivity contribution in [1.29, 1.82) is 0 Å². The summed E-state index contributed by atoms with van der Waals surface area (Å²) in [6, 6.07) is -5.08. The van der Waals surface area contributed by atoms with Gasteiger partial charge in [-0.2, -0.15) is 0 Å². The van der Waals surface area contributed by atoms with Crippen molar-refractivity contribution in [3.8, 4) is 0 Å². The largest absolute Gasteiger partial charge is 0.481 e. The number of carboxylic acid groups (broad SMARTS) is 2. The molecule has 11 N–H and O–H groups in total. The van der Waals surface area contributed by atoms with Crippen LogP contribution >= 0.6 is 0 Å². The van der Waals surface area contributed by atoms with Gasteiger partial charge in [-0.05, 0) is 44.6 Å². The van der Waals surface area contributed by atoms with E-state index in [4.69, 9.17) is 22.3 Å². The molecule has 0 aromatic carbocycles. The molecule has 0 aliphatic heterocycles. The van der Waals surface area contributed by atoms with Crippen LogP contribution in [0.1, 0.15) is 58.8 Å². The summed E-state index contributed by atoms with van der Waals surface area (Å²) in [5.41, 5.74) is 16.2. The molecule has 4 atom stereocenters.